The molecule has 3 nitrogen and oxygen atoms in total. The normalized spacial score (nSPS) is 10.7. The molecule has 25 heavy (non-hydrogen) atoms. The van der Waals surface area contributed by atoms with Crippen LogP contribution in [0.4, 0.5) is 5.69 Å². The predicted molar refractivity (Wildman–Crippen MR) is 106 cm³/mol. The van der Waals surface area contributed by atoms with Gasteiger partial charge in [0.1, 0.15) is 5.01 Å². The molecular formula is C20H19ClN2OS. The monoisotopic (exact) mass is 370 g/mol. The van der Waals surface area contributed by atoms with Crippen LogP contribution >= 0.6 is 22.9 Å². The highest BCUT2D eigenvalue weighted by Gasteiger charge is 2.13. The molecule has 0 aliphatic heterocycles. The van der Waals surface area contributed by atoms with Crippen molar-refractivity contribution in [3.8, 4) is 10.6 Å². The van der Waals surface area contributed by atoms with E-state index in [0.717, 1.165) is 33.1 Å². The molecule has 1 N–H and O–H groups in total. The van der Waals surface area contributed by atoms with Crippen LogP contribution in [0.1, 0.15) is 22.4 Å². The Hall–Kier alpha value is -2.17. The minimum absolute atomic E-state index is 0.0638. The summed E-state index contributed by atoms with van der Waals surface area (Å²) in [7, 11) is 0. The van der Waals surface area contributed by atoms with Crippen molar-refractivity contribution in [2.24, 2.45) is 0 Å². The van der Waals surface area contributed by atoms with Gasteiger partial charge in [-0.05, 0) is 38.0 Å². The van der Waals surface area contributed by atoms with E-state index in [1.54, 1.807) is 0 Å². The van der Waals surface area contributed by atoms with Gasteiger partial charge in [-0.15, -0.1) is 11.3 Å². The van der Waals surface area contributed by atoms with Crippen molar-refractivity contribution in [1.82, 2.24) is 4.98 Å². The van der Waals surface area contributed by atoms with E-state index in [1.807, 2.05) is 43.5 Å². The van der Waals surface area contributed by atoms with E-state index < -0.39 is 0 Å². The van der Waals surface area contributed by atoms with Crippen LogP contribution in [-0.4, -0.2) is 10.9 Å². The third-order valence-electron chi connectivity index (χ3n) is 3.94. The van der Waals surface area contributed by atoms with Crippen LogP contribution in [0.3, 0.4) is 0 Å². The summed E-state index contributed by atoms with van der Waals surface area (Å²) in [5.41, 5.74) is 5.86. The number of aryl methyl sites for hydroxylation is 3. The average molecular weight is 371 g/mol. The zero-order valence-corrected chi connectivity index (χ0v) is 16.0. The number of aromatic nitrogens is 1. The van der Waals surface area contributed by atoms with Crippen LogP contribution in [0.25, 0.3) is 10.6 Å². The molecule has 3 aromatic rings. The van der Waals surface area contributed by atoms with Crippen LogP contribution < -0.4 is 5.32 Å². The number of benzene rings is 2. The lowest BCUT2D eigenvalue weighted by Crippen LogP contribution is -2.16. The highest BCUT2D eigenvalue weighted by atomic mass is 35.5. The molecule has 0 radical (unpaired) electrons. The molecule has 0 aliphatic carbocycles. The van der Waals surface area contributed by atoms with Crippen LogP contribution in [0.2, 0.25) is 5.02 Å². The van der Waals surface area contributed by atoms with Gasteiger partial charge in [0, 0.05) is 16.6 Å². The maximum absolute atomic E-state index is 12.4. The van der Waals surface area contributed by atoms with Gasteiger partial charge in [-0.2, -0.15) is 0 Å². The van der Waals surface area contributed by atoms with Gasteiger partial charge >= 0.3 is 0 Å². The number of nitrogens with one attached hydrogen (secondary N) is 1. The zero-order chi connectivity index (χ0) is 18.0. The number of nitrogens with zero attached hydrogens (tertiary/aromatic N) is 1. The Morgan fingerprint density at radius 3 is 2.52 bits per heavy atom. The molecule has 0 bridgehead atoms. The Morgan fingerprint density at radius 2 is 1.84 bits per heavy atom. The summed E-state index contributed by atoms with van der Waals surface area (Å²) in [5, 5.41) is 6.42. The number of carbonyl (C=O) groups is 1. The number of thiazole rings is 1. The molecule has 2 aromatic carbocycles. The van der Waals surface area contributed by atoms with Gasteiger partial charge in [0.15, 0.2) is 0 Å². The van der Waals surface area contributed by atoms with Gasteiger partial charge in [-0.25, -0.2) is 4.98 Å². The van der Waals surface area contributed by atoms with Gasteiger partial charge in [-0.3, -0.25) is 4.79 Å². The highest BCUT2D eigenvalue weighted by Crippen LogP contribution is 2.30. The fourth-order valence-electron chi connectivity index (χ4n) is 2.87. The maximum atomic E-state index is 12.4. The maximum Gasteiger partial charge on any atom is 0.230 e. The Bertz CT molecular complexity index is 910. The lowest BCUT2D eigenvalue weighted by Gasteiger charge is -2.12. The SMILES string of the molecule is Cc1cc(C)c(NC(=O)Cc2csc(-c3ccccc3Cl)n2)c(C)c1. The summed E-state index contributed by atoms with van der Waals surface area (Å²) < 4.78 is 0. The summed E-state index contributed by atoms with van der Waals surface area (Å²) in [4.78, 5) is 17.0. The Morgan fingerprint density at radius 1 is 1.16 bits per heavy atom. The third kappa shape index (κ3) is 4.09. The molecule has 0 aliphatic rings. The molecule has 1 amide bonds. The number of hydrogen-bond acceptors (Lipinski definition) is 3. The first-order valence-electron chi connectivity index (χ1n) is 8.01. The summed E-state index contributed by atoms with van der Waals surface area (Å²) in [6.07, 6.45) is 0.244. The van der Waals surface area contributed by atoms with Crippen LogP contribution in [-0.2, 0) is 11.2 Å². The molecule has 5 heteroatoms. The number of halogens is 1. The molecule has 0 fully saturated rings. The van der Waals surface area contributed by atoms with Crippen molar-refractivity contribution < 1.29 is 4.79 Å². The van der Waals surface area contributed by atoms with E-state index in [-0.39, 0.29) is 12.3 Å². The number of hydrogen-bond donors (Lipinski definition) is 1. The van der Waals surface area contributed by atoms with Gasteiger partial charge in [-0.1, -0.05) is 47.5 Å². The molecule has 128 valence electrons. The van der Waals surface area contributed by atoms with E-state index in [1.165, 1.54) is 16.9 Å². The van der Waals surface area contributed by atoms with Crippen molar-refractivity contribution in [2.75, 3.05) is 5.32 Å². The Kier molecular flexibility index (Phi) is 5.21. The first-order valence-corrected chi connectivity index (χ1v) is 9.27. The zero-order valence-electron chi connectivity index (χ0n) is 14.4. The van der Waals surface area contributed by atoms with Gasteiger partial charge in [0.2, 0.25) is 5.91 Å². The number of carbonyl (C=O) groups excluding carboxylic acids is 1. The lowest BCUT2D eigenvalue weighted by molar-refractivity contribution is -0.115. The fourth-order valence-corrected chi connectivity index (χ4v) is 4.01. The second-order valence-corrected chi connectivity index (χ2v) is 7.39. The minimum atomic E-state index is -0.0638. The first kappa shape index (κ1) is 17.6. The topological polar surface area (TPSA) is 42.0 Å². The van der Waals surface area contributed by atoms with Crippen molar-refractivity contribution >= 4 is 34.5 Å². The smallest absolute Gasteiger partial charge is 0.230 e. The van der Waals surface area contributed by atoms with Gasteiger partial charge in [0.05, 0.1) is 17.1 Å². The van der Waals surface area contributed by atoms with Crippen LogP contribution in [0.15, 0.2) is 41.8 Å². The molecule has 1 heterocycles. The van der Waals surface area contributed by atoms with Crippen molar-refractivity contribution in [1.29, 1.82) is 0 Å². The van der Waals surface area contributed by atoms with Crippen LogP contribution in [0.5, 0.6) is 0 Å². The third-order valence-corrected chi connectivity index (χ3v) is 5.19. The molecule has 0 unspecified atom stereocenters. The lowest BCUT2D eigenvalue weighted by atomic mass is 10.0. The summed E-state index contributed by atoms with van der Waals surface area (Å²) >= 11 is 7.71. The quantitative estimate of drug-likeness (QED) is 0.652. The molecule has 0 atom stereocenters. The second-order valence-electron chi connectivity index (χ2n) is 6.12. The molecule has 0 saturated carbocycles. The predicted octanol–water partition coefficient (Wildman–Crippen LogP) is 5.57. The first-order chi connectivity index (χ1) is 11.9. The van der Waals surface area contributed by atoms with Crippen molar-refractivity contribution in [2.45, 2.75) is 27.2 Å². The summed E-state index contributed by atoms with van der Waals surface area (Å²) in [6, 6.07) is 11.7. The minimum Gasteiger partial charge on any atom is -0.325 e. The van der Waals surface area contributed by atoms with E-state index in [0.29, 0.717) is 5.02 Å². The van der Waals surface area contributed by atoms with Crippen molar-refractivity contribution in [3.63, 3.8) is 0 Å². The van der Waals surface area contributed by atoms with Gasteiger partial charge < -0.3 is 5.32 Å². The number of amides is 1. The number of rotatable bonds is 4. The molecule has 0 spiro atoms. The Labute approximate surface area is 156 Å². The second kappa shape index (κ2) is 7.38. The van der Waals surface area contributed by atoms with Gasteiger partial charge in [0.25, 0.3) is 0 Å². The molecule has 3 rings (SSSR count). The van der Waals surface area contributed by atoms with E-state index in [2.05, 4.69) is 29.4 Å². The average Bonchev–Trinajstić information content (AvgIpc) is 2.99. The molecule has 1 aromatic heterocycles. The van der Waals surface area contributed by atoms with E-state index in [9.17, 15) is 4.79 Å². The fraction of sp³-hybridized carbons (Fsp3) is 0.200. The number of anilines is 1. The Balaban J connectivity index is 1.74. The largest absolute Gasteiger partial charge is 0.325 e. The van der Waals surface area contributed by atoms with E-state index in [4.69, 9.17) is 11.6 Å². The van der Waals surface area contributed by atoms with Crippen molar-refractivity contribution in [3.05, 3.63) is 69.2 Å². The summed E-state index contributed by atoms with van der Waals surface area (Å²) in [5.74, 6) is -0.0638. The molecule has 0 saturated heterocycles. The summed E-state index contributed by atoms with van der Waals surface area (Å²) in [6.45, 7) is 6.07. The standard InChI is InChI=1S/C20H19ClN2OS/c1-12-8-13(2)19(14(3)9-12)23-18(24)10-15-11-25-20(22-15)16-6-4-5-7-17(16)21/h4-9,11H,10H2,1-3H3,(H,23,24). The highest BCUT2D eigenvalue weighted by molar-refractivity contribution is 7.13. The van der Waals surface area contributed by atoms with E-state index >= 15 is 0 Å². The van der Waals surface area contributed by atoms with Crippen LogP contribution in [0, 0.1) is 20.8 Å². The molecular weight excluding hydrogens is 352 g/mol.